The average molecular weight is 643 g/mol. The Morgan fingerprint density at radius 2 is 1.20 bits per heavy atom. The molecule has 0 aliphatic carbocycles. The summed E-state index contributed by atoms with van der Waals surface area (Å²) in [6, 6.07) is 59.2. The van der Waals surface area contributed by atoms with Crippen molar-refractivity contribution >= 4 is 55.4 Å². The van der Waals surface area contributed by atoms with Crippen molar-refractivity contribution in [3.05, 3.63) is 187 Å². The molecule has 236 valence electrons. The Labute approximate surface area is 288 Å². The Morgan fingerprint density at radius 1 is 0.520 bits per heavy atom. The molecule has 1 atom stereocenters. The van der Waals surface area contributed by atoms with E-state index in [0.29, 0.717) is 5.84 Å². The van der Waals surface area contributed by atoms with Crippen molar-refractivity contribution in [1.82, 2.24) is 9.88 Å². The fraction of sp³-hybridized carbons (Fsp3) is 0.0222. The number of fused-ring (bicyclic) bond motifs is 6. The van der Waals surface area contributed by atoms with Crippen LogP contribution < -0.4 is 5.32 Å². The summed E-state index contributed by atoms with van der Waals surface area (Å²) in [5.74, 6) is 1.46. The lowest BCUT2D eigenvalue weighted by Gasteiger charge is -2.23. The Bertz CT molecular complexity index is 2780. The first-order valence-electron chi connectivity index (χ1n) is 16.9. The summed E-state index contributed by atoms with van der Waals surface area (Å²) < 4.78 is 8.80. The van der Waals surface area contributed by atoms with E-state index in [9.17, 15) is 0 Å². The van der Waals surface area contributed by atoms with Crippen LogP contribution in [-0.4, -0.2) is 16.2 Å². The number of furan rings is 1. The topological polar surface area (TPSA) is 54.8 Å². The van der Waals surface area contributed by atoms with Crippen molar-refractivity contribution in [1.29, 1.82) is 0 Å². The van der Waals surface area contributed by atoms with Crippen LogP contribution in [0.3, 0.4) is 0 Å². The summed E-state index contributed by atoms with van der Waals surface area (Å²) in [5, 5.41) is 8.07. The number of benzene rings is 7. The van der Waals surface area contributed by atoms with Crippen LogP contribution in [0.4, 0.5) is 0 Å². The monoisotopic (exact) mass is 642 g/mol. The second-order valence-corrected chi connectivity index (χ2v) is 12.6. The Kier molecular flexibility index (Phi) is 6.49. The third kappa shape index (κ3) is 4.63. The van der Waals surface area contributed by atoms with Crippen LogP contribution in [0, 0.1) is 0 Å². The number of rotatable bonds is 5. The Hall–Kier alpha value is -6.72. The van der Waals surface area contributed by atoms with Gasteiger partial charge >= 0.3 is 0 Å². The van der Waals surface area contributed by atoms with Gasteiger partial charge in [0.15, 0.2) is 5.84 Å². The van der Waals surface area contributed by atoms with E-state index in [1.807, 2.05) is 48.5 Å². The summed E-state index contributed by atoms with van der Waals surface area (Å²) in [4.78, 5) is 10.3. The van der Waals surface area contributed by atoms with E-state index in [4.69, 9.17) is 14.4 Å². The SMILES string of the molecule is c1ccc(C2=NC(c3cccc4oc5ccc(-c6ccc7c(c6)c6ccccc6n7-c6ccccc6)cc5c34)=NC(c3ccccc3)N2)cc1. The van der Waals surface area contributed by atoms with Gasteiger partial charge in [-0.15, -0.1) is 0 Å². The van der Waals surface area contributed by atoms with E-state index >= 15 is 0 Å². The van der Waals surface area contributed by atoms with Crippen molar-refractivity contribution < 1.29 is 4.42 Å². The van der Waals surface area contributed by atoms with Gasteiger partial charge in [-0.05, 0) is 65.2 Å². The number of hydrogen-bond acceptors (Lipinski definition) is 4. The normalized spacial score (nSPS) is 14.6. The molecular formula is C45H30N4O. The number of amidine groups is 2. The van der Waals surface area contributed by atoms with Crippen molar-refractivity contribution in [3.63, 3.8) is 0 Å². The van der Waals surface area contributed by atoms with Crippen LogP contribution in [0.2, 0.25) is 0 Å². The van der Waals surface area contributed by atoms with Crippen molar-refractivity contribution in [3.8, 4) is 16.8 Å². The predicted molar refractivity (Wildman–Crippen MR) is 205 cm³/mol. The highest BCUT2D eigenvalue weighted by molar-refractivity contribution is 6.22. The first kappa shape index (κ1) is 28.3. The third-order valence-electron chi connectivity index (χ3n) is 9.66. The van der Waals surface area contributed by atoms with Gasteiger partial charge in [0.2, 0.25) is 0 Å². The van der Waals surface area contributed by atoms with E-state index < -0.39 is 0 Å². The van der Waals surface area contributed by atoms with E-state index in [1.165, 1.54) is 21.8 Å². The summed E-state index contributed by atoms with van der Waals surface area (Å²) in [6.45, 7) is 0. The molecule has 1 N–H and O–H groups in total. The zero-order valence-electron chi connectivity index (χ0n) is 27.0. The highest BCUT2D eigenvalue weighted by Gasteiger charge is 2.23. The first-order chi connectivity index (χ1) is 24.8. The number of nitrogens with one attached hydrogen (secondary N) is 1. The van der Waals surface area contributed by atoms with Gasteiger partial charge in [-0.3, -0.25) is 0 Å². The van der Waals surface area contributed by atoms with E-state index in [0.717, 1.165) is 61.3 Å². The lowest BCUT2D eigenvalue weighted by molar-refractivity contribution is 0.668. The maximum Gasteiger partial charge on any atom is 0.160 e. The Morgan fingerprint density at radius 3 is 2.02 bits per heavy atom. The number of para-hydroxylation sites is 2. The van der Waals surface area contributed by atoms with Gasteiger partial charge in [0, 0.05) is 38.4 Å². The molecule has 0 radical (unpaired) electrons. The van der Waals surface area contributed by atoms with E-state index in [2.05, 4.69) is 131 Å². The minimum absolute atomic E-state index is 0.285. The van der Waals surface area contributed by atoms with Crippen LogP contribution in [0.1, 0.15) is 22.9 Å². The first-order valence-corrected chi connectivity index (χ1v) is 16.9. The molecule has 3 heterocycles. The van der Waals surface area contributed by atoms with Crippen molar-refractivity contribution in [2.24, 2.45) is 9.98 Å². The molecule has 0 spiro atoms. The molecule has 2 aromatic heterocycles. The number of hydrogen-bond donors (Lipinski definition) is 1. The lowest BCUT2D eigenvalue weighted by atomic mass is 9.99. The van der Waals surface area contributed by atoms with Crippen molar-refractivity contribution in [2.75, 3.05) is 0 Å². The molecular weight excluding hydrogens is 613 g/mol. The summed E-state index contributed by atoms with van der Waals surface area (Å²) >= 11 is 0. The molecule has 7 aromatic carbocycles. The molecule has 5 heteroatoms. The van der Waals surface area contributed by atoms with Gasteiger partial charge in [0.25, 0.3) is 0 Å². The molecule has 1 aliphatic rings. The number of aliphatic imine (C=N–C) groups is 2. The smallest absolute Gasteiger partial charge is 0.160 e. The van der Waals surface area contributed by atoms with E-state index in [-0.39, 0.29) is 6.17 Å². The van der Waals surface area contributed by atoms with Crippen LogP contribution >= 0.6 is 0 Å². The summed E-state index contributed by atoms with van der Waals surface area (Å²) in [5.41, 5.74) is 10.5. The largest absolute Gasteiger partial charge is 0.456 e. The summed E-state index contributed by atoms with van der Waals surface area (Å²) in [7, 11) is 0. The zero-order chi connectivity index (χ0) is 33.0. The minimum atomic E-state index is -0.285. The van der Waals surface area contributed by atoms with Gasteiger partial charge in [-0.25, -0.2) is 9.98 Å². The van der Waals surface area contributed by atoms with Crippen LogP contribution in [0.5, 0.6) is 0 Å². The maximum atomic E-state index is 6.46. The molecule has 5 nitrogen and oxygen atoms in total. The summed E-state index contributed by atoms with van der Waals surface area (Å²) in [6.07, 6.45) is -0.285. The molecule has 9 aromatic rings. The van der Waals surface area contributed by atoms with E-state index in [1.54, 1.807) is 0 Å². The molecule has 0 fully saturated rings. The molecule has 0 saturated carbocycles. The second kappa shape index (κ2) is 11.5. The molecule has 0 saturated heterocycles. The van der Waals surface area contributed by atoms with Gasteiger partial charge in [-0.2, -0.15) is 0 Å². The van der Waals surface area contributed by atoms with Gasteiger partial charge in [-0.1, -0.05) is 121 Å². The standard InChI is InChI=1S/C45H30N4O/c1-4-13-29(14-5-1)43-46-44(30-15-6-2-7-16-30)48-45(47-43)35-20-12-22-41-42(35)37-28-32(24-26-40(37)50-41)31-23-25-39-36(27-31)34-19-10-11-21-38(34)49(39)33-17-8-3-9-18-33/h1-28,43H,(H,46,47,48). The maximum absolute atomic E-state index is 6.46. The van der Waals surface area contributed by atoms with Crippen molar-refractivity contribution in [2.45, 2.75) is 6.17 Å². The molecule has 1 unspecified atom stereocenters. The molecule has 10 rings (SSSR count). The Balaban J connectivity index is 1.14. The number of nitrogens with zero attached hydrogens (tertiary/aromatic N) is 3. The van der Waals surface area contributed by atoms with Crippen LogP contribution in [0.15, 0.2) is 184 Å². The molecule has 1 aliphatic heterocycles. The molecule has 0 bridgehead atoms. The number of aromatic nitrogens is 1. The highest BCUT2D eigenvalue weighted by atomic mass is 16.3. The van der Waals surface area contributed by atoms with Crippen LogP contribution in [0.25, 0.3) is 60.6 Å². The molecule has 50 heavy (non-hydrogen) atoms. The average Bonchev–Trinajstić information content (AvgIpc) is 3.74. The second-order valence-electron chi connectivity index (χ2n) is 12.6. The van der Waals surface area contributed by atoms with Gasteiger partial charge < -0.3 is 14.3 Å². The predicted octanol–water partition coefficient (Wildman–Crippen LogP) is 10.8. The fourth-order valence-corrected chi connectivity index (χ4v) is 7.32. The fourth-order valence-electron chi connectivity index (χ4n) is 7.32. The minimum Gasteiger partial charge on any atom is -0.456 e. The quantitative estimate of drug-likeness (QED) is 0.203. The van der Waals surface area contributed by atoms with Crippen LogP contribution in [-0.2, 0) is 0 Å². The third-order valence-corrected chi connectivity index (χ3v) is 9.66. The highest BCUT2D eigenvalue weighted by Crippen LogP contribution is 2.38. The van der Waals surface area contributed by atoms with Gasteiger partial charge in [0.05, 0.1) is 11.0 Å². The lowest BCUT2D eigenvalue weighted by Crippen LogP contribution is -2.33. The zero-order valence-corrected chi connectivity index (χ0v) is 27.0. The van der Waals surface area contributed by atoms with Gasteiger partial charge in [0.1, 0.15) is 23.2 Å². The molecule has 0 amide bonds.